The summed E-state index contributed by atoms with van der Waals surface area (Å²) in [6.45, 7) is 9.87. The van der Waals surface area contributed by atoms with Gasteiger partial charge in [-0.15, -0.1) is 11.3 Å². The fourth-order valence-electron chi connectivity index (χ4n) is 4.25. The van der Waals surface area contributed by atoms with Gasteiger partial charge in [-0.1, -0.05) is 29.8 Å². The van der Waals surface area contributed by atoms with Crippen LogP contribution < -0.4 is 5.32 Å². The first-order valence-electron chi connectivity index (χ1n) is 12.3. The standard InChI is InChI=1S/C26H34ClN5O3S/c1-26(2,3)28-25(34)31(11-10-30-12-14-35-15-13-30)18-24(33)32-22(19-6-8-20(27)9-7-19)17-21(29-32)23-5-4-16-36-23/h4-9,16,22H,10-15,17-18H2,1-3H3,(H,28,34)/t22-/m0/s1. The van der Waals surface area contributed by atoms with Crippen LogP contribution in [0.1, 0.15) is 43.7 Å². The number of amides is 3. The molecule has 0 aliphatic carbocycles. The van der Waals surface area contributed by atoms with E-state index in [4.69, 9.17) is 21.4 Å². The number of thiophene rings is 1. The molecule has 36 heavy (non-hydrogen) atoms. The van der Waals surface area contributed by atoms with Crippen molar-refractivity contribution in [3.8, 4) is 0 Å². The Morgan fingerprint density at radius 1 is 1.19 bits per heavy atom. The summed E-state index contributed by atoms with van der Waals surface area (Å²) in [6.07, 6.45) is 0.607. The number of morpholine rings is 1. The number of carbonyl (C=O) groups excluding carboxylic acids is 2. The minimum Gasteiger partial charge on any atom is -0.379 e. The Morgan fingerprint density at radius 3 is 2.56 bits per heavy atom. The average molecular weight is 532 g/mol. The van der Waals surface area contributed by atoms with Crippen molar-refractivity contribution in [2.24, 2.45) is 5.10 Å². The van der Waals surface area contributed by atoms with Gasteiger partial charge in [0.25, 0.3) is 5.91 Å². The first-order valence-corrected chi connectivity index (χ1v) is 13.5. The minimum atomic E-state index is -0.415. The van der Waals surface area contributed by atoms with Crippen LogP contribution >= 0.6 is 22.9 Å². The summed E-state index contributed by atoms with van der Waals surface area (Å²) in [4.78, 5) is 31.8. The number of ether oxygens (including phenoxy) is 1. The van der Waals surface area contributed by atoms with Gasteiger partial charge in [0.1, 0.15) is 6.54 Å². The molecule has 0 bridgehead atoms. The van der Waals surface area contributed by atoms with Gasteiger partial charge < -0.3 is 15.0 Å². The van der Waals surface area contributed by atoms with Crippen LogP contribution in [-0.2, 0) is 9.53 Å². The molecule has 8 nitrogen and oxygen atoms in total. The van der Waals surface area contributed by atoms with E-state index in [1.165, 1.54) is 0 Å². The van der Waals surface area contributed by atoms with Gasteiger partial charge in [-0.3, -0.25) is 9.69 Å². The second-order valence-corrected chi connectivity index (χ2v) is 11.5. The predicted molar refractivity (Wildman–Crippen MR) is 144 cm³/mol. The molecule has 0 saturated carbocycles. The smallest absolute Gasteiger partial charge is 0.318 e. The second-order valence-electron chi connectivity index (χ2n) is 10.1. The van der Waals surface area contributed by atoms with Crippen molar-refractivity contribution in [2.45, 2.75) is 38.8 Å². The fraction of sp³-hybridized carbons (Fsp3) is 0.500. The number of nitrogens with zero attached hydrogens (tertiary/aromatic N) is 4. The molecule has 1 aromatic carbocycles. The molecular weight excluding hydrogens is 498 g/mol. The molecule has 1 N–H and O–H groups in total. The van der Waals surface area contributed by atoms with Crippen molar-refractivity contribution in [1.29, 1.82) is 0 Å². The Hall–Kier alpha value is -2.46. The predicted octanol–water partition coefficient (Wildman–Crippen LogP) is 4.22. The van der Waals surface area contributed by atoms with Gasteiger partial charge in [0.05, 0.1) is 29.8 Å². The molecule has 4 rings (SSSR count). The van der Waals surface area contributed by atoms with Crippen molar-refractivity contribution in [3.05, 3.63) is 57.2 Å². The second kappa shape index (κ2) is 11.7. The molecule has 10 heteroatoms. The summed E-state index contributed by atoms with van der Waals surface area (Å²) >= 11 is 7.71. The van der Waals surface area contributed by atoms with Gasteiger partial charge in [0.2, 0.25) is 0 Å². The van der Waals surface area contributed by atoms with Gasteiger partial charge in [0, 0.05) is 43.2 Å². The molecule has 0 unspecified atom stereocenters. The molecule has 0 spiro atoms. The third-order valence-electron chi connectivity index (χ3n) is 6.11. The normalized spacial score (nSPS) is 18.7. The van der Waals surface area contributed by atoms with Crippen molar-refractivity contribution < 1.29 is 14.3 Å². The number of hydrogen-bond donors (Lipinski definition) is 1. The zero-order valence-corrected chi connectivity index (χ0v) is 22.6. The summed E-state index contributed by atoms with van der Waals surface area (Å²) in [5, 5.41) is 11.9. The Labute approximate surface area is 221 Å². The highest BCUT2D eigenvalue weighted by Crippen LogP contribution is 2.34. The van der Waals surface area contributed by atoms with Crippen molar-refractivity contribution >= 4 is 40.6 Å². The summed E-state index contributed by atoms with van der Waals surface area (Å²) < 4.78 is 5.44. The molecule has 1 saturated heterocycles. The SMILES string of the molecule is CC(C)(C)NC(=O)N(CCN1CCOCC1)CC(=O)N1N=C(c2cccs2)C[C@H]1c1ccc(Cl)cc1. The number of hydrazone groups is 1. The van der Waals surface area contributed by atoms with Crippen LogP contribution in [-0.4, -0.2) is 83.9 Å². The van der Waals surface area contributed by atoms with Gasteiger partial charge in [-0.05, 0) is 49.9 Å². The zero-order chi connectivity index (χ0) is 25.7. The van der Waals surface area contributed by atoms with Gasteiger partial charge >= 0.3 is 6.03 Å². The lowest BCUT2D eigenvalue weighted by Gasteiger charge is -2.32. The Balaban J connectivity index is 1.53. The molecule has 194 valence electrons. The Kier molecular flexibility index (Phi) is 8.66. The number of carbonyl (C=O) groups is 2. The van der Waals surface area contributed by atoms with Gasteiger partial charge in [-0.2, -0.15) is 5.10 Å². The first kappa shape index (κ1) is 26.6. The van der Waals surface area contributed by atoms with Gasteiger partial charge in [-0.25, -0.2) is 9.80 Å². The van der Waals surface area contributed by atoms with E-state index in [1.807, 2.05) is 62.5 Å². The molecule has 0 radical (unpaired) electrons. The highest BCUT2D eigenvalue weighted by molar-refractivity contribution is 7.12. The molecule has 2 aromatic rings. The molecule has 2 aliphatic heterocycles. The third kappa shape index (κ3) is 7.06. The number of urea groups is 1. The third-order valence-corrected chi connectivity index (χ3v) is 7.28. The molecule has 3 amide bonds. The van der Waals surface area contributed by atoms with Crippen LogP contribution in [0.2, 0.25) is 5.02 Å². The Bertz CT molecular complexity index is 1060. The van der Waals surface area contributed by atoms with Crippen LogP contribution in [0.25, 0.3) is 0 Å². The Morgan fingerprint density at radius 2 is 1.92 bits per heavy atom. The summed E-state index contributed by atoms with van der Waals surface area (Å²) in [7, 11) is 0. The lowest BCUT2D eigenvalue weighted by atomic mass is 10.0. The van der Waals surface area contributed by atoms with E-state index in [-0.39, 0.29) is 24.5 Å². The van der Waals surface area contributed by atoms with Crippen molar-refractivity contribution in [2.75, 3.05) is 45.9 Å². The van der Waals surface area contributed by atoms with E-state index in [9.17, 15) is 9.59 Å². The van der Waals surface area contributed by atoms with Crippen molar-refractivity contribution in [1.82, 2.24) is 20.1 Å². The van der Waals surface area contributed by atoms with Crippen LogP contribution in [0, 0.1) is 0 Å². The maximum atomic E-state index is 13.7. The van der Waals surface area contributed by atoms with Crippen molar-refractivity contribution in [3.63, 3.8) is 0 Å². The largest absolute Gasteiger partial charge is 0.379 e. The van der Waals surface area contributed by atoms with E-state index in [1.54, 1.807) is 21.2 Å². The average Bonchev–Trinajstić information content (AvgIpc) is 3.52. The maximum absolute atomic E-state index is 13.7. The van der Waals surface area contributed by atoms with Crippen LogP contribution in [0.4, 0.5) is 4.79 Å². The number of rotatable bonds is 7. The zero-order valence-electron chi connectivity index (χ0n) is 21.1. The number of hydrogen-bond acceptors (Lipinski definition) is 6. The van der Waals surface area contributed by atoms with E-state index in [2.05, 4.69) is 10.2 Å². The maximum Gasteiger partial charge on any atom is 0.318 e. The lowest BCUT2D eigenvalue weighted by molar-refractivity contribution is -0.133. The molecule has 1 atom stereocenters. The van der Waals surface area contributed by atoms with E-state index < -0.39 is 5.54 Å². The van der Waals surface area contributed by atoms with E-state index in [0.29, 0.717) is 37.7 Å². The highest BCUT2D eigenvalue weighted by Gasteiger charge is 2.35. The van der Waals surface area contributed by atoms with Crippen LogP contribution in [0.3, 0.4) is 0 Å². The van der Waals surface area contributed by atoms with E-state index in [0.717, 1.165) is 29.2 Å². The minimum absolute atomic E-state index is 0.0580. The molecule has 1 aromatic heterocycles. The molecule has 2 aliphatic rings. The van der Waals surface area contributed by atoms with E-state index >= 15 is 0 Å². The lowest BCUT2D eigenvalue weighted by Crippen LogP contribution is -2.53. The topological polar surface area (TPSA) is 77.5 Å². The number of nitrogens with one attached hydrogen (secondary N) is 1. The molecular formula is C26H34ClN5O3S. The van der Waals surface area contributed by atoms with Crippen LogP contribution in [0.5, 0.6) is 0 Å². The summed E-state index contributed by atoms with van der Waals surface area (Å²) in [6, 6.07) is 11.0. The highest BCUT2D eigenvalue weighted by atomic mass is 35.5. The molecule has 1 fully saturated rings. The molecule has 3 heterocycles. The fourth-order valence-corrected chi connectivity index (χ4v) is 5.10. The monoisotopic (exact) mass is 531 g/mol. The number of benzene rings is 1. The summed E-state index contributed by atoms with van der Waals surface area (Å²) in [5.41, 5.74) is 1.42. The number of halogens is 1. The quantitative estimate of drug-likeness (QED) is 0.580. The van der Waals surface area contributed by atoms with Crippen LogP contribution in [0.15, 0.2) is 46.9 Å². The first-order chi connectivity index (χ1) is 17.2. The van der Waals surface area contributed by atoms with Gasteiger partial charge in [0.15, 0.2) is 0 Å². The summed E-state index contributed by atoms with van der Waals surface area (Å²) in [5.74, 6) is -0.215.